The number of aliphatic hydroxyl groups is 1. The summed E-state index contributed by atoms with van der Waals surface area (Å²) in [7, 11) is 3.25. The third-order valence-corrected chi connectivity index (χ3v) is 5.23. The highest BCUT2D eigenvalue weighted by molar-refractivity contribution is 5.78. The Bertz CT molecular complexity index is 833. The quantitative estimate of drug-likeness (QED) is 0.670. The van der Waals surface area contributed by atoms with Crippen LogP contribution in [-0.4, -0.2) is 55.9 Å². The Labute approximate surface area is 171 Å². The molecular formula is C22H28N2O5. The van der Waals surface area contributed by atoms with Crippen molar-refractivity contribution in [3.63, 3.8) is 0 Å². The van der Waals surface area contributed by atoms with E-state index in [-0.39, 0.29) is 19.3 Å². The zero-order valence-electron chi connectivity index (χ0n) is 16.9. The second-order valence-electron chi connectivity index (χ2n) is 7.06. The van der Waals surface area contributed by atoms with Gasteiger partial charge in [-0.2, -0.15) is 0 Å². The second kappa shape index (κ2) is 9.62. The Morgan fingerprint density at radius 3 is 2.52 bits per heavy atom. The summed E-state index contributed by atoms with van der Waals surface area (Å²) in [5.74, 6) is 1.48. The molecule has 0 aliphatic carbocycles. The molecule has 7 heteroatoms. The molecule has 7 nitrogen and oxygen atoms in total. The lowest BCUT2D eigenvalue weighted by molar-refractivity contribution is -0.119. The molecule has 0 spiro atoms. The van der Waals surface area contributed by atoms with Crippen LogP contribution in [0, 0.1) is 0 Å². The Kier molecular flexibility index (Phi) is 6.95. The number of primary amides is 1. The minimum absolute atomic E-state index is 0.123. The molecule has 1 aliphatic rings. The molecule has 0 unspecified atom stereocenters. The van der Waals surface area contributed by atoms with Crippen LogP contribution in [0.15, 0.2) is 36.4 Å². The van der Waals surface area contributed by atoms with Crippen molar-refractivity contribution >= 4 is 5.91 Å². The van der Waals surface area contributed by atoms with Gasteiger partial charge in [0.1, 0.15) is 17.2 Å². The number of likely N-dealkylation sites (tertiary alicyclic amines) is 1. The van der Waals surface area contributed by atoms with Crippen LogP contribution in [0.4, 0.5) is 0 Å². The average molecular weight is 400 g/mol. The topological polar surface area (TPSA) is 94.2 Å². The van der Waals surface area contributed by atoms with Gasteiger partial charge in [-0.25, -0.2) is 0 Å². The minimum atomic E-state index is -0.527. The van der Waals surface area contributed by atoms with Gasteiger partial charge >= 0.3 is 0 Å². The van der Waals surface area contributed by atoms with Crippen molar-refractivity contribution in [2.24, 2.45) is 5.73 Å². The third kappa shape index (κ3) is 4.81. The van der Waals surface area contributed by atoms with Gasteiger partial charge in [0.05, 0.1) is 26.4 Å². The van der Waals surface area contributed by atoms with Crippen molar-refractivity contribution in [3.05, 3.63) is 42.0 Å². The largest absolute Gasteiger partial charge is 0.496 e. The van der Waals surface area contributed by atoms with E-state index in [1.807, 2.05) is 36.4 Å². The molecule has 3 rings (SSSR count). The van der Waals surface area contributed by atoms with Crippen molar-refractivity contribution < 1.29 is 24.1 Å². The summed E-state index contributed by atoms with van der Waals surface area (Å²) in [5.41, 5.74) is 7.93. The molecule has 0 bridgehead atoms. The van der Waals surface area contributed by atoms with Gasteiger partial charge in [0.25, 0.3) is 5.91 Å². The molecule has 3 N–H and O–H groups in total. The number of nitrogens with two attached hydrogens (primary N) is 1. The number of carbonyl (C=O) groups is 1. The SMILES string of the molecule is COc1cccc(OC)c1-c1ccc(OCC(N)=O)c(CN2CCC[C@@H]2CO)c1. The summed E-state index contributed by atoms with van der Waals surface area (Å²) in [6.45, 7) is 1.44. The summed E-state index contributed by atoms with van der Waals surface area (Å²) in [5, 5.41) is 9.66. The summed E-state index contributed by atoms with van der Waals surface area (Å²) >= 11 is 0. The Morgan fingerprint density at radius 2 is 1.90 bits per heavy atom. The van der Waals surface area contributed by atoms with Gasteiger partial charge in [0.15, 0.2) is 6.61 Å². The first kappa shape index (κ1) is 21.0. The van der Waals surface area contributed by atoms with E-state index in [2.05, 4.69) is 4.90 Å². The van der Waals surface area contributed by atoms with Crippen LogP contribution < -0.4 is 19.9 Å². The number of ether oxygens (including phenoxy) is 3. The van der Waals surface area contributed by atoms with Crippen molar-refractivity contribution in [2.75, 3.05) is 34.0 Å². The zero-order chi connectivity index (χ0) is 20.8. The fourth-order valence-corrected chi connectivity index (χ4v) is 3.81. The van der Waals surface area contributed by atoms with Crippen LogP contribution >= 0.6 is 0 Å². The fraction of sp³-hybridized carbons (Fsp3) is 0.409. The van der Waals surface area contributed by atoms with E-state index in [4.69, 9.17) is 19.9 Å². The van der Waals surface area contributed by atoms with Crippen molar-refractivity contribution in [3.8, 4) is 28.4 Å². The summed E-state index contributed by atoms with van der Waals surface area (Å²) < 4.78 is 16.7. The van der Waals surface area contributed by atoms with E-state index >= 15 is 0 Å². The predicted molar refractivity (Wildman–Crippen MR) is 110 cm³/mol. The molecule has 2 aromatic rings. The van der Waals surface area contributed by atoms with Crippen LogP contribution in [0.2, 0.25) is 0 Å². The molecule has 0 radical (unpaired) electrons. The van der Waals surface area contributed by atoms with Crippen molar-refractivity contribution in [1.82, 2.24) is 4.90 Å². The summed E-state index contributed by atoms with van der Waals surface area (Å²) in [6, 6.07) is 11.5. The number of hydrogen-bond donors (Lipinski definition) is 2. The van der Waals surface area contributed by atoms with Crippen LogP contribution in [0.5, 0.6) is 17.2 Å². The minimum Gasteiger partial charge on any atom is -0.496 e. The molecule has 156 valence electrons. The van der Waals surface area contributed by atoms with Gasteiger partial charge in [-0.1, -0.05) is 12.1 Å². The fourth-order valence-electron chi connectivity index (χ4n) is 3.81. The normalized spacial score (nSPS) is 16.6. The molecule has 0 aromatic heterocycles. The van der Waals surface area contributed by atoms with Crippen LogP contribution in [0.1, 0.15) is 18.4 Å². The number of nitrogens with zero attached hydrogens (tertiary/aromatic N) is 1. The van der Waals surface area contributed by atoms with Gasteiger partial charge in [-0.3, -0.25) is 9.69 Å². The maximum Gasteiger partial charge on any atom is 0.255 e. The number of hydrogen-bond acceptors (Lipinski definition) is 6. The average Bonchev–Trinajstić information content (AvgIpc) is 3.19. The first-order chi connectivity index (χ1) is 14.1. The molecule has 1 heterocycles. The predicted octanol–water partition coefficient (Wildman–Crippen LogP) is 2.19. The number of methoxy groups -OCH3 is 2. The molecule has 29 heavy (non-hydrogen) atoms. The van der Waals surface area contributed by atoms with E-state index < -0.39 is 5.91 Å². The molecule has 1 fully saturated rings. The van der Waals surface area contributed by atoms with Crippen molar-refractivity contribution in [2.45, 2.75) is 25.4 Å². The Hall–Kier alpha value is -2.77. The number of benzene rings is 2. The molecular weight excluding hydrogens is 372 g/mol. The zero-order valence-corrected chi connectivity index (χ0v) is 16.9. The Balaban J connectivity index is 2.01. The second-order valence-corrected chi connectivity index (χ2v) is 7.06. The van der Waals surface area contributed by atoms with Gasteiger partial charge < -0.3 is 25.1 Å². The first-order valence-corrected chi connectivity index (χ1v) is 9.67. The standard InChI is InChI=1S/C22H28N2O5/c1-27-19-6-3-7-20(28-2)22(19)15-8-9-18(29-14-21(23)26)16(11-15)12-24-10-4-5-17(24)13-25/h3,6-9,11,17,25H,4-5,10,12-14H2,1-2H3,(H2,23,26)/t17-/m1/s1. The highest BCUT2D eigenvalue weighted by atomic mass is 16.5. The van der Waals surface area contributed by atoms with E-state index in [0.717, 1.165) is 36.1 Å². The molecule has 1 saturated heterocycles. The monoisotopic (exact) mass is 400 g/mol. The van der Waals surface area contributed by atoms with E-state index in [1.165, 1.54) is 0 Å². The molecule has 1 aliphatic heterocycles. The highest BCUT2D eigenvalue weighted by Crippen LogP contribution is 2.40. The Morgan fingerprint density at radius 1 is 1.17 bits per heavy atom. The van der Waals surface area contributed by atoms with E-state index in [0.29, 0.717) is 23.8 Å². The smallest absolute Gasteiger partial charge is 0.255 e. The maximum atomic E-state index is 11.2. The lowest BCUT2D eigenvalue weighted by atomic mass is 10.00. The van der Waals surface area contributed by atoms with Gasteiger partial charge in [0.2, 0.25) is 0 Å². The number of carbonyl (C=O) groups excluding carboxylic acids is 1. The van der Waals surface area contributed by atoms with Gasteiger partial charge in [-0.15, -0.1) is 0 Å². The summed E-state index contributed by atoms with van der Waals surface area (Å²) in [6.07, 6.45) is 2.01. The molecule has 1 atom stereocenters. The number of amides is 1. The first-order valence-electron chi connectivity index (χ1n) is 9.67. The number of aliphatic hydroxyl groups excluding tert-OH is 1. The maximum absolute atomic E-state index is 11.2. The number of rotatable bonds is 9. The van der Waals surface area contributed by atoms with Crippen LogP contribution in [0.3, 0.4) is 0 Å². The van der Waals surface area contributed by atoms with E-state index in [1.54, 1.807) is 14.2 Å². The van der Waals surface area contributed by atoms with Crippen LogP contribution in [-0.2, 0) is 11.3 Å². The van der Waals surface area contributed by atoms with Crippen molar-refractivity contribution in [1.29, 1.82) is 0 Å². The van der Waals surface area contributed by atoms with Gasteiger partial charge in [0, 0.05) is 18.2 Å². The molecule has 1 amide bonds. The molecule has 2 aromatic carbocycles. The van der Waals surface area contributed by atoms with E-state index in [9.17, 15) is 9.90 Å². The lowest BCUT2D eigenvalue weighted by Crippen LogP contribution is -2.32. The third-order valence-electron chi connectivity index (χ3n) is 5.23. The highest BCUT2D eigenvalue weighted by Gasteiger charge is 2.25. The molecule has 0 saturated carbocycles. The van der Waals surface area contributed by atoms with Gasteiger partial charge in [-0.05, 0) is 49.2 Å². The lowest BCUT2D eigenvalue weighted by Gasteiger charge is -2.24. The summed E-state index contributed by atoms with van der Waals surface area (Å²) in [4.78, 5) is 13.4. The van der Waals surface area contributed by atoms with Crippen LogP contribution in [0.25, 0.3) is 11.1 Å².